The van der Waals surface area contributed by atoms with E-state index in [-0.39, 0.29) is 5.43 Å². The number of methoxy groups -OCH3 is 1. The van der Waals surface area contributed by atoms with Gasteiger partial charge in [-0.25, -0.2) is 0 Å². The van der Waals surface area contributed by atoms with Gasteiger partial charge in [-0.05, 0) is 69.5 Å². The van der Waals surface area contributed by atoms with Crippen LogP contribution in [0, 0.1) is 0 Å². The maximum absolute atomic E-state index is 12.9. The first-order valence-electron chi connectivity index (χ1n) is 10.6. The summed E-state index contributed by atoms with van der Waals surface area (Å²) in [6.45, 7) is 5.50. The van der Waals surface area contributed by atoms with Crippen LogP contribution in [0.25, 0.3) is 22.1 Å². The molecule has 0 spiro atoms. The molecule has 0 fully saturated rings. The molecule has 1 heterocycles. The molecule has 0 amide bonds. The predicted octanol–water partition coefficient (Wildman–Crippen LogP) is 4.71. The van der Waals surface area contributed by atoms with Gasteiger partial charge in [-0.2, -0.15) is 0 Å². The molecule has 2 aromatic carbocycles. The van der Waals surface area contributed by atoms with Crippen molar-refractivity contribution in [2.75, 3.05) is 13.7 Å². The Kier molecular flexibility index (Phi) is 7.38. The number of fused-ring (bicyclic) bond motifs is 1. The van der Waals surface area contributed by atoms with Crippen LogP contribution in [0.5, 0.6) is 11.5 Å². The minimum Gasteiger partial charge on any atom is -0.497 e. The van der Waals surface area contributed by atoms with Crippen LogP contribution in [0.2, 0.25) is 0 Å². The summed E-state index contributed by atoms with van der Waals surface area (Å²) in [6, 6.07) is 12.4. The molecule has 3 aromatic rings. The second-order valence-electron chi connectivity index (χ2n) is 8.43. The Hall–Kier alpha value is -3.09. The molecule has 3 rings (SSSR count). The van der Waals surface area contributed by atoms with E-state index in [0.29, 0.717) is 41.7 Å². The monoisotopic (exact) mass is 438 g/mol. The molecule has 0 aliphatic heterocycles. The molecule has 0 aliphatic carbocycles. The summed E-state index contributed by atoms with van der Waals surface area (Å²) in [5.74, 6) is 1.32. The van der Waals surface area contributed by atoms with Crippen molar-refractivity contribution in [2.45, 2.75) is 45.3 Å². The van der Waals surface area contributed by atoms with Crippen molar-refractivity contribution in [2.24, 2.45) is 0 Å². The summed E-state index contributed by atoms with van der Waals surface area (Å²) in [7, 11) is 1.60. The minimum absolute atomic E-state index is 0.107. The molecule has 0 radical (unpaired) electrons. The first kappa shape index (κ1) is 23.6. The SMILES string of the molecule is COc1ccc(-c2coc3cc(OC/C=C(\C)CC[C@@H](O)C(C)(C)O)ccc3c2=O)cc1. The zero-order valence-corrected chi connectivity index (χ0v) is 18.9. The Morgan fingerprint density at radius 3 is 2.50 bits per heavy atom. The largest absolute Gasteiger partial charge is 0.497 e. The molecule has 1 atom stereocenters. The van der Waals surface area contributed by atoms with E-state index < -0.39 is 11.7 Å². The van der Waals surface area contributed by atoms with Crippen LogP contribution in [0.4, 0.5) is 0 Å². The van der Waals surface area contributed by atoms with Crippen LogP contribution in [-0.2, 0) is 0 Å². The van der Waals surface area contributed by atoms with Gasteiger partial charge in [0, 0.05) is 6.07 Å². The number of allylic oxidation sites excluding steroid dienone is 1. The van der Waals surface area contributed by atoms with Crippen LogP contribution >= 0.6 is 0 Å². The first-order valence-corrected chi connectivity index (χ1v) is 10.6. The number of benzene rings is 2. The van der Waals surface area contributed by atoms with Crippen molar-refractivity contribution in [3.8, 4) is 22.6 Å². The van der Waals surface area contributed by atoms with E-state index in [0.717, 1.165) is 16.9 Å². The van der Waals surface area contributed by atoms with Crippen LogP contribution in [0.3, 0.4) is 0 Å². The van der Waals surface area contributed by atoms with Gasteiger partial charge in [-0.1, -0.05) is 17.7 Å². The smallest absolute Gasteiger partial charge is 0.200 e. The highest BCUT2D eigenvalue weighted by Gasteiger charge is 2.23. The zero-order chi connectivity index (χ0) is 23.3. The van der Waals surface area contributed by atoms with Gasteiger partial charge in [-0.3, -0.25) is 4.79 Å². The minimum atomic E-state index is -1.11. The topological polar surface area (TPSA) is 89.1 Å². The van der Waals surface area contributed by atoms with E-state index in [1.807, 2.05) is 25.1 Å². The third kappa shape index (κ3) is 5.78. The fraction of sp³-hybridized carbons (Fsp3) is 0.346. The number of ether oxygens (including phenoxy) is 2. The van der Waals surface area contributed by atoms with E-state index in [1.165, 1.54) is 6.26 Å². The highest BCUT2D eigenvalue weighted by molar-refractivity contribution is 5.82. The second kappa shape index (κ2) is 10.0. The molecular weight excluding hydrogens is 408 g/mol. The number of aliphatic hydroxyl groups is 2. The third-order valence-corrected chi connectivity index (χ3v) is 5.46. The maximum atomic E-state index is 12.9. The molecule has 6 nitrogen and oxygen atoms in total. The van der Waals surface area contributed by atoms with Gasteiger partial charge in [0.1, 0.15) is 30.0 Å². The fourth-order valence-corrected chi connectivity index (χ4v) is 3.27. The van der Waals surface area contributed by atoms with E-state index in [9.17, 15) is 15.0 Å². The number of rotatable bonds is 9. The van der Waals surface area contributed by atoms with Gasteiger partial charge in [0.25, 0.3) is 0 Å². The summed E-state index contributed by atoms with van der Waals surface area (Å²) in [5.41, 5.74) is 1.55. The molecule has 0 unspecified atom stereocenters. The van der Waals surface area contributed by atoms with Crippen LogP contribution in [0.15, 0.2) is 69.6 Å². The Morgan fingerprint density at radius 2 is 1.84 bits per heavy atom. The first-order chi connectivity index (χ1) is 15.2. The van der Waals surface area contributed by atoms with Gasteiger partial charge in [-0.15, -0.1) is 0 Å². The van der Waals surface area contributed by atoms with Gasteiger partial charge in [0.05, 0.1) is 29.8 Å². The molecule has 32 heavy (non-hydrogen) atoms. The highest BCUT2D eigenvalue weighted by atomic mass is 16.5. The normalized spacial score (nSPS) is 13.2. The summed E-state index contributed by atoms with van der Waals surface area (Å²) in [4.78, 5) is 12.9. The standard InChI is InChI=1S/C26H30O6/c1-17(5-12-24(27)26(2,3)29)13-14-31-20-10-11-21-23(15-20)32-16-22(25(21)28)18-6-8-19(30-4)9-7-18/h6-11,13,15-16,24,27,29H,5,12,14H2,1-4H3/b17-13+/t24-/m1/s1. The lowest BCUT2D eigenvalue weighted by Crippen LogP contribution is -2.35. The summed E-state index contributed by atoms with van der Waals surface area (Å²) >= 11 is 0. The van der Waals surface area contributed by atoms with E-state index in [4.69, 9.17) is 13.9 Å². The molecule has 0 saturated heterocycles. The molecule has 1 aromatic heterocycles. The lowest BCUT2D eigenvalue weighted by atomic mass is 9.96. The van der Waals surface area contributed by atoms with Gasteiger partial charge in [0.15, 0.2) is 5.43 Å². The van der Waals surface area contributed by atoms with Crippen molar-refractivity contribution in [3.05, 3.63) is 70.6 Å². The third-order valence-electron chi connectivity index (χ3n) is 5.46. The summed E-state index contributed by atoms with van der Waals surface area (Å²) < 4.78 is 16.7. The molecular formula is C26H30O6. The molecule has 6 heteroatoms. The van der Waals surface area contributed by atoms with Crippen molar-refractivity contribution in [3.63, 3.8) is 0 Å². The lowest BCUT2D eigenvalue weighted by molar-refractivity contribution is -0.0509. The van der Waals surface area contributed by atoms with Crippen molar-refractivity contribution in [1.29, 1.82) is 0 Å². The highest BCUT2D eigenvalue weighted by Crippen LogP contribution is 2.25. The molecule has 2 N–H and O–H groups in total. The van der Waals surface area contributed by atoms with Crippen LogP contribution in [0.1, 0.15) is 33.6 Å². The average Bonchev–Trinajstić information content (AvgIpc) is 2.77. The van der Waals surface area contributed by atoms with E-state index in [2.05, 4.69) is 0 Å². The Bertz CT molecular complexity index is 1140. The molecule has 0 bridgehead atoms. The van der Waals surface area contributed by atoms with Crippen molar-refractivity contribution in [1.82, 2.24) is 0 Å². The van der Waals surface area contributed by atoms with Gasteiger partial charge in [0.2, 0.25) is 0 Å². The fourth-order valence-electron chi connectivity index (χ4n) is 3.27. The van der Waals surface area contributed by atoms with E-state index >= 15 is 0 Å². The lowest BCUT2D eigenvalue weighted by Gasteiger charge is -2.24. The van der Waals surface area contributed by atoms with Gasteiger partial charge >= 0.3 is 0 Å². The van der Waals surface area contributed by atoms with Crippen molar-refractivity contribution < 1.29 is 24.1 Å². The van der Waals surface area contributed by atoms with E-state index in [1.54, 1.807) is 51.3 Å². The second-order valence-corrected chi connectivity index (χ2v) is 8.43. The Balaban J connectivity index is 1.67. The number of hydrogen-bond donors (Lipinski definition) is 2. The average molecular weight is 439 g/mol. The molecule has 170 valence electrons. The van der Waals surface area contributed by atoms with Crippen LogP contribution in [-0.4, -0.2) is 35.6 Å². The quantitative estimate of drug-likeness (QED) is 0.471. The Morgan fingerprint density at radius 1 is 1.16 bits per heavy atom. The predicted molar refractivity (Wildman–Crippen MR) is 125 cm³/mol. The summed E-state index contributed by atoms with van der Waals surface area (Å²) in [6.07, 6.45) is 3.76. The zero-order valence-electron chi connectivity index (χ0n) is 18.9. The number of hydrogen-bond acceptors (Lipinski definition) is 6. The Labute approximate surface area is 187 Å². The summed E-state index contributed by atoms with van der Waals surface area (Å²) in [5, 5.41) is 20.2. The van der Waals surface area contributed by atoms with Crippen molar-refractivity contribution >= 4 is 11.0 Å². The molecule has 0 saturated carbocycles. The van der Waals surface area contributed by atoms with Crippen LogP contribution < -0.4 is 14.9 Å². The number of aliphatic hydroxyl groups excluding tert-OH is 1. The maximum Gasteiger partial charge on any atom is 0.200 e. The molecule has 0 aliphatic rings. The van der Waals surface area contributed by atoms with Gasteiger partial charge < -0.3 is 24.1 Å².